The second-order valence-corrected chi connectivity index (χ2v) is 6.73. The molecule has 1 aromatic carbocycles. The summed E-state index contributed by atoms with van der Waals surface area (Å²) in [7, 11) is 0. The maximum Gasteiger partial charge on any atom is 0.0178 e. The van der Waals surface area contributed by atoms with E-state index in [2.05, 4.69) is 67.1 Å². The molecule has 0 spiro atoms. The molecule has 1 aromatic rings. The third-order valence-electron chi connectivity index (χ3n) is 3.39. The van der Waals surface area contributed by atoms with Crippen molar-refractivity contribution < 1.29 is 0 Å². The number of hydrogen-bond acceptors (Lipinski definition) is 2. The van der Waals surface area contributed by atoms with E-state index in [1.54, 1.807) is 0 Å². The third kappa shape index (κ3) is 4.38. The number of hydrogen-bond donors (Lipinski definition) is 2. The molecule has 0 fully saturated rings. The zero-order valence-electron chi connectivity index (χ0n) is 11.9. The minimum Gasteiger partial charge on any atom is -0.330 e. The SMILES string of the molecule is Cc1ccc(Br)cc1C(C)(C)CNCC(C)CN. The molecule has 3 N–H and O–H groups in total. The number of aryl methyl sites for hydroxylation is 1. The van der Waals surface area contributed by atoms with E-state index in [4.69, 9.17) is 5.73 Å². The Bertz CT molecular complexity index is 388. The maximum absolute atomic E-state index is 5.63. The first-order valence-electron chi connectivity index (χ1n) is 6.54. The fourth-order valence-electron chi connectivity index (χ4n) is 2.13. The molecule has 1 rings (SSSR count). The highest BCUT2D eigenvalue weighted by molar-refractivity contribution is 9.10. The lowest BCUT2D eigenvalue weighted by Crippen LogP contribution is -2.37. The van der Waals surface area contributed by atoms with Gasteiger partial charge in [-0.15, -0.1) is 0 Å². The molecule has 0 aliphatic carbocycles. The van der Waals surface area contributed by atoms with E-state index in [-0.39, 0.29) is 5.41 Å². The molecule has 0 amide bonds. The first-order chi connectivity index (χ1) is 8.36. The van der Waals surface area contributed by atoms with Gasteiger partial charge in [-0.25, -0.2) is 0 Å². The van der Waals surface area contributed by atoms with Gasteiger partial charge in [0, 0.05) is 16.4 Å². The molecule has 0 heterocycles. The van der Waals surface area contributed by atoms with E-state index in [0.717, 1.165) is 24.1 Å². The molecule has 18 heavy (non-hydrogen) atoms. The predicted molar refractivity (Wildman–Crippen MR) is 83.0 cm³/mol. The van der Waals surface area contributed by atoms with Crippen LogP contribution < -0.4 is 11.1 Å². The van der Waals surface area contributed by atoms with Gasteiger partial charge in [0.25, 0.3) is 0 Å². The average Bonchev–Trinajstić information content (AvgIpc) is 2.31. The molecule has 1 unspecified atom stereocenters. The topological polar surface area (TPSA) is 38.0 Å². The van der Waals surface area contributed by atoms with Crippen molar-refractivity contribution in [2.45, 2.75) is 33.1 Å². The first kappa shape index (κ1) is 15.7. The summed E-state index contributed by atoms with van der Waals surface area (Å²) in [6.45, 7) is 11.6. The molecule has 1 atom stereocenters. The Balaban J connectivity index is 2.70. The maximum atomic E-state index is 5.63. The van der Waals surface area contributed by atoms with E-state index < -0.39 is 0 Å². The van der Waals surface area contributed by atoms with Gasteiger partial charge in [-0.05, 0) is 49.2 Å². The standard InChI is InChI=1S/C15H25BrN2/c1-11(8-17)9-18-10-15(3,4)14-7-13(16)6-5-12(14)2/h5-7,11,18H,8-10,17H2,1-4H3. The normalized spacial score (nSPS) is 13.7. The average molecular weight is 313 g/mol. The van der Waals surface area contributed by atoms with Crippen LogP contribution in [0.2, 0.25) is 0 Å². The van der Waals surface area contributed by atoms with Gasteiger partial charge >= 0.3 is 0 Å². The molecule has 0 aromatic heterocycles. The van der Waals surface area contributed by atoms with E-state index >= 15 is 0 Å². The molecule has 102 valence electrons. The number of halogens is 1. The Labute approximate surface area is 119 Å². The van der Waals surface area contributed by atoms with E-state index in [1.807, 2.05) is 0 Å². The van der Waals surface area contributed by atoms with Crippen molar-refractivity contribution in [1.82, 2.24) is 5.32 Å². The van der Waals surface area contributed by atoms with Crippen LogP contribution >= 0.6 is 15.9 Å². The summed E-state index contributed by atoms with van der Waals surface area (Å²) in [5, 5.41) is 3.53. The zero-order chi connectivity index (χ0) is 13.8. The van der Waals surface area contributed by atoms with Crippen LogP contribution in [0.25, 0.3) is 0 Å². The van der Waals surface area contributed by atoms with Crippen molar-refractivity contribution in [2.24, 2.45) is 11.7 Å². The molecular formula is C15H25BrN2. The minimum atomic E-state index is 0.127. The molecule has 0 saturated heterocycles. The van der Waals surface area contributed by atoms with E-state index in [0.29, 0.717) is 5.92 Å². The predicted octanol–water partition coefficient (Wildman–Crippen LogP) is 3.22. The number of benzene rings is 1. The van der Waals surface area contributed by atoms with Gasteiger partial charge in [0.2, 0.25) is 0 Å². The lowest BCUT2D eigenvalue weighted by Gasteiger charge is -2.28. The largest absolute Gasteiger partial charge is 0.330 e. The fraction of sp³-hybridized carbons (Fsp3) is 0.600. The number of rotatable bonds is 6. The van der Waals surface area contributed by atoms with E-state index in [9.17, 15) is 0 Å². The highest BCUT2D eigenvalue weighted by atomic mass is 79.9. The Morgan fingerprint density at radius 2 is 2.06 bits per heavy atom. The van der Waals surface area contributed by atoms with Crippen molar-refractivity contribution in [2.75, 3.05) is 19.6 Å². The Morgan fingerprint density at radius 3 is 2.67 bits per heavy atom. The summed E-state index contributed by atoms with van der Waals surface area (Å²) in [5.74, 6) is 0.532. The zero-order valence-corrected chi connectivity index (χ0v) is 13.5. The van der Waals surface area contributed by atoms with Gasteiger partial charge in [0.1, 0.15) is 0 Å². The molecule has 2 nitrogen and oxygen atoms in total. The van der Waals surface area contributed by atoms with Crippen LogP contribution in [-0.2, 0) is 5.41 Å². The number of nitrogens with two attached hydrogens (primary N) is 1. The second-order valence-electron chi connectivity index (χ2n) is 5.81. The third-order valence-corrected chi connectivity index (χ3v) is 3.88. The number of nitrogens with one attached hydrogen (secondary N) is 1. The first-order valence-corrected chi connectivity index (χ1v) is 7.33. The molecule has 0 saturated carbocycles. The van der Waals surface area contributed by atoms with Crippen LogP contribution in [0.4, 0.5) is 0 Å². The second kappa shape index (κ2) is 6.69. The Morgan fingerprint density at radius 1 is 1.39 bits per heavy atom. The molecular weight excluding hydrogens is 288 g/mol. The van der Waals surface area contributed by atoms with Gasteiger partial charge in [0.15, 0.2) is 0 Å². The summed E-state index contributed by atoms with van der Waals surface area (Å²) in [6, 6.07) is 6.49. The quantitative estimate of drug-likeness (QED) is 0.846. The van der Waals surface area contributed by atoms with Crippen LogP contribution in [0.1, 0.15) is 31.9 Å². The van der Waals surface area contributed by atoms with Crippen LogP contribution in [-0.4, -0.2) is 19.6 Å². The van der Waals surface area contributed by atoms with Crippen LogP contribution in [0, 0.1) is 12.8 Å². The summed E-state index contributed by atoms with van der Waals surface area (Å²) < 4.78 is 1.14. The monoisotopic (exact) mass is 312 g/mol. The summed E-state index contributed by atoms with van der Waals surface area (Å²) in [4.78, 5) is 0. The lowest BCUT2D eigenvalue weighted by molar-refractivity contribution is 0.433. The highest BCUT2D eigenvalue weighted by Gasteiger charge is 2.22. The van der Waals surface area contributed by atoms with Crippen LogP contribution in [0.3, 0.4) is 0 Å². The van der Waals surface area contributed by atoms with E-state index in [1.165, 1.54) is 11.1 Å². The summed E-state index contributed by atoms with van der Waals surface area (Å²) in [6.07, 6.45) is 0. The minimum absolute atomic E-state index is 0.127. The molecule has 0 radical (unpaired) electrons. The Kier molecular flexibility index (Phi) is 5.83. The summed E-state index contributed by atoms with van der Waals surface area (Å²) in [5.41, 5.74) is 8.50. The van der Waals surface area contributed by atoms with Crippen LogP contribution in [0.15, 0.2) is 22.7 Å². The lowest BCUT2D eigenvalue weighted by atomic mass is 9.82. The van der Waals surface area contributed by atoms with Gasteiger partial charge in [-0.3, -0.25) is 0 Å². The van der Waals surface area contributed by atoms with Crippen LogP contribution in [0.5, 0.6) is 0 Å². The Hall–Kier alpha value is -0.380. The fourth-order valence-corrected chi connectivity index (χ4v) is 2.49. The molecule has 0 aliphatic heterocycles. The van der Waals surface area contributed by atoms with Crippen molar-refractivity contribution in [3.05, 3.63) is 33.8 Å². The van der Waals surface area contributed by atoms with Gasteiger partial charge in [-0.2, -0.15) is 0 Å². The summed E-state index contributed by atoms with van der Waals surface area (Å²) >= 11 is 3.55. The molecule has 0 bridgehead atoms. The smallest absolute Gasteiger partial charge is 0.0178 e. The van der Waals surface area contributed by atoms with Gasteiger partial charge in [0.05, 0.1) is 0 Å². The highest BCUT2D eigenvalue weighted by Crippen LogP contribution is 2.28. The van der Waals surface area contributed by atoms with Crippen molar-refractivity contribution in [3.8, 4) is 0 Å². The van der Waals surface area contributed by atoms with Gasteiger partial charge in [-0.1, -0.05) is 42.8 Å². The van der Waals surface area contributed by atoms with Crippen molar-refractivity contribution >= 4 is 15.9 Å². The van der Waals surface area contributed by atoms with Crippen molar-refractivity contribution in [3.63, 3.8) is 0 Å². The van der Waals surface area contributed by atoms with Gasteiger partial charge < -0.3 is 11.1 Å². The van der Waals surface area contributed by atoms with Crippen molar-refractivity contribution in [1.29, 1.82) is 0 Å². The molecule has 0 aliphatic rings. The molecule has 3 heteroatoms.